The van der Waals surface area contributed by atoms with Crippen LogP contribution < -0.4 is 10.6 Å². The van der Waals surface area contributed by atoms with Crippen LogP contribution in [0.4, 0.5) is 21.0 Å². The van der Waals surface area contributed by atoms with Crippen LogP contribution in [0.15, 0.2) is 18.2 Å². The molecule has 1 aromatic carbocycles. The minimum atomic E-state index is -0.509. The van der Waals surface area contributed by atoms with Gasteiger partial charge in [0.1, 0.15) is 13.2 Å². The molecule has 0 aliphatic carbocycles. The van der Waals surface area contributed by atoms with Crippen molar-refractivity contribution in [3.63, 3.8) is 0 Å². The van der Waals surface area contributed by atoms with Crippen LogP contribution in [0.1, 0.15) is 5.56 Å². The first kappa shape index (κ1) is 20.7. The number of likely N-dealkylation sites (N-methyl/N-ethyl adjacent to an activating group) is 2. The molecule has 1 rings (SSSR count). The Balaban J connectivity index is 2.48. The van der Waals surface area contributed by atoms with E-state index in [1.54, 1.807) is 18.2 Å². The Bertz CT molecular complexity index is 576. The van der Waals surface area contributed by atoms with Gasteiger partial charge in [0.15, 0.2) is 0 Å². The van der Waals surface area contributed by atoms with Crippen molar-refractivity contribution in [1.82, 2.24) is 9.80 Å². The van der Waals surface area contributed by atoms with Gasteiger partial charge in [0, 0.05) is 24.5 Å². The van der Waals surface area contributed by atoms with Gasteiger partial charge in [-0.1, -0.05) is 0 Å². The molecule has 0 aromatic heterocycles. The second kappa shape index (κ2) is 10.5. The Hall–Kier alpha value is -2.32. The van der Waals surface area contributed by atoms with Crippen LogP contribution in [0.25, 0.3) is 0 Å². The molecule has 0 atom stereocenters. The third-order valence-corrected chi connectivity index (χ3v) is 3.25. The SMILES string of the molecule is Cc1cc(NC(=O)OCCN(C)C)ccc1NC(=O)OCCN(C)C. The molecule has 0 aliphatic heterocycles. The third kappa shape index (κ3) is 8.92. The summed E-state index contributed by atoms with van der Waals surface area (Å²) in [6.45, 7) is 3.78. The standard InChI is InChI=1S/C17H28N4O4/c1-13-12-14(18-16(22)24-10-8-20(2)3)6-7-15(13)19-17(23)25-11-9-21(4)5/h6-7,12H,8-11H2,1-5H3,(H,18,22)(H,19,23). The predicted molar refractivity (Wildman–Crippen MR) is 98.2 cm³/mol. The molecule has 140 valence electrons. The van der Waals surface area contributed by atoms with E-state index in [1.165, 1.54) is 0 Å². The lowest BCUT2D eigenvalue weighted by atomic mass is 10.2. The smallest absolute Gasteiger partial charge is 0.411 e. The molecule has 2 amide bonds. The molecule has 2 N–H and O–H groups in total. The lowest BCUT2D eigenvalue weighted by Gasteiger charge is -2.13. The topological polar surface area (TPSA) is 83.1 Å². The number of nitrogens with zero attached hydrogens (tertiary/aromatic N) is 2. The highest BCUT2D eigenvalue weighted by molar-refractivity contribution is 5.88. The summed E-state index contributed by atoms with van der Waals surface area (Å²) in [5, 5.41) is 5.34. The summed E-state index contributed by atoms with van der Waals surface area (Å²) >= 11 is 0. The zero-order valence-corrected chi connectivity index (χ0v) is 15.6. The van der Waals surface area contributed by atoms with E-state index < -0.39 is 12.2 Å². The predicted octanol–water partition coefficient (Wildman–Crippen LogP) is 2.22. The quantitative estimate of drug-likeness (QED) is 0.746. The van der Waals surface area contributed by atoms with E-state index in [-0.39, 0.29) is 0 Å². The van der Waals surface area contributed by atoms with Crippen molar-refractivity contribution in [2.45, 2.75) is 6.92 Å². The van der Waals surface area contributed by atoms with E-state index in [1.807, 2.05) is 44.9 Å². The number of hydrogen-bond donors (Lipinski definition) is 2. The van der Waals surface area contributed by atoms with E-state index in [0.29, 0.717) is 37.7 Å². The number of carbonyl (C=O) groups excluding carboxylic acids is 2. The van der Waals surface area contributed by atoms with Crippen LogP contribution in [0.5, 0.6) is 0 Å². The Morgan fingerprint density at radius 1 is 0.920 bits per heavy atom. The van der Waals surface area contributed by atoms with Crippen molar-refractivity contribution in [1.29, 1.82) is 0 Å². The van der Waals surface area contributed by atoms with Gasteiger partial charge in [0.25, 0.3) is 0 Å². The van der Waals surface area contributed by atoms with E-state index in [2.05, 4.69) is 10.6 Å². The van der Waals surface area contributed by atoms with Gasteiger partial charge in [0.05, 0.1) is 0 Å². The van der Waals surface area contributed by atoms with Gasteiger partial charge in [-0.2, -0.15) is 0 Å². The molecule has 0 heterocycles. The highest BCUT2D eigenvalue weighted by Gasteiger charge is 2.08. The monoisotopic (exact) mass is 352 g/mol. The molecular formula is C17H28N4O4. The molecule has 0 saturated heterocycles. The molecule has 0 bridgehead atoms. The maximum atomic E-state index is 11.7. The first-order valence-corrected chi connectivity index (χ1v) is 8.05. The van der Waals surface area contributed by atoms with Crippen molar-refractivity contribution in [3.8, 4) is 0 Å². The largest absolute Gasteiger partial charge is 0.448 e. The summed E-state index contributed by atoms with van der Waals surface area (Å²) in [6.07, 6.45) is -1.01. The molecule has 0 radical (unpaired) electrons. The second-order valence-electron chi connectivity index (χ2n) is 6.16. The fourth-order valence-corrected chi connectivity index (χ4v) is 1.82. The summed E-state index contributed by atoms with van der Waals surface area (Å²) in [5.41, 5.74) is 2.02. The molecule has 0 unspecified atom stereocenters. The highest BCUT2D eigenvalue weighted by atomic mass is 16.6. The second-order valence-corrected chi connectivity index (χ2v) is 6.16. The number of nitrogens with one attached hydrogen (secondary N) is 2. The first-order valence-electron chi connectivity index (χ1n) is 8.05. The maximum Gasteiger partial charge on any atom is 0.411 e. The highest BCUT2D eigenvalue weighted by Crippen LogP contribution is 2.20. The normalized spacial score (nSPS) is 10.7. The van der Waals surface area contributed by atoms with Crippen molar-refractivity contribution in [3.05, 3.63) is 23.8 Å². The van der Waals surface area contributed by atoms with Gasteiger partial charge in [-0.3, -0.25) is 10.6 Å². The Labute approximate surface area is 149 Å². The summed E-state index contributed by atoms with van der Waals surface area (Å²) in [6, 6.07) is 5.15. The Kier molecular flexibility index (Phi) is 8.73. The summed E-state index contributed by atoms with van der Waals surface area (Å²) < 4.78 is 10.2. The van der Waals surface area contributed by atoms with E-state index in [4.69, 9.17) is 9.47 Å². The summed E-state index contributed by atoms with van der Waals surface area (Å²) in [7, 11) is 7.62. The molecule has 0 fully saturated rings. The van der Waals surface area contributed by atoms with Crippen molar-refractivity contribution >= 4 is 23.6 Å². The molecule has 0 spiro atoms. The Morgan fingerprint density at radius 2 is 1.44 bits per heavy atom. The lowest BCUT2D eigenvalue weighted by Crippen LogP contribution is -2.23. The summed E-state index contributed by atoms with van der Waals surface area (Å²) in [4.78, 5) is 27.3. The fourth-order valence-electron chi connectivity index (χ4n) is 1.82. The van der Waals surface area contributed by atoms with Gasteiger partial charge in [0.2, 0.25) is 0 Å². The molecule has 25 heavy (non-hydrogen) atoms. The number of benzene rings is 1. The van der Waals surface area contributed by atoms with Crippen LogP contribution in [0, 0.1) is 6.92 Å². The lowest BCUT2D eigenvalue weighted by molar-refractivity contribution is 0.150. The van der Waals surface area contributed by atoms with Crippen LogP contribution in [-0.4, -0.2) is 76.5 Å². The van der Waals surface area contributed by atoms with E-state index in [9.17, 15) is 9.59 Å². The average molecular weight is 352 g/mol. The van der Waals surface area contributed by atoms with Crippen molar-refractivity contribution < 1.29 is 19.1 Å². The van der Waals surface area contributed by atoms with Gasteiger partial charge in [-0.25, -0.2) is 9.59 Å². The number of carbonyl (C=O) groups is 2. The van der Waals surface area contributed by atoms with Gasteiger partial charge < -0.3 is 19.3 Å². The molecule has 0 aliphatic rings. The molecule has 1 aromatic rings. The minimum absolute atomic E-state index is 0.316. The van der Waals surface area contributed by atoms with Crippen LogP contribution in [0.3, 0.4) is 0 Å². The third-order valence-electron chi connectivity index (χ3n) is 3.25. The fraction of sp³-hybridized carbons (Fsp3) is 0.529. The van der Waals surface area contributed by atoms with Crippen molar-refractivity contribution in [2.24, 2.45) is 0 Å². The molecule has 8 nitrogen and oxygen atoms in total. The van der Waals surface area contributed by atoms with Crippen molar-refractivity contribution in [2.75, 3.05) is 65.1 Å². The maximum absolute atomic E-state index is 11.7. The number of amides is 2. The van der Waals surface area contributed by atoms with Gasteiger partial charge in [-0.15, -0.1) is 0 Å². The molecule has 0 saturated carbocycles. The molecular weight excluding hydrogens is 324 g/mol. The van der Waals surface area contributed by atoms with Crippen LogP contribution >= 0.6 is 0 Å². The van der Waals surface area contributed by atoms with Crippen LogP contribution in [-0.2, 0) is 9.47 Å². The average Bonchev–Trinajstić information content (AvgIpc) is 2.49. The number of rotatable bonds is 8. The Morgan fingerprint density at radius 3 is 1.92 bits per heavy atom. The zero-order chi connectivity index (χ0) is 18.8. The summed E-state index contributed by atoms with van der Waals surface area (Å²) in [5.74, 6) is 0. The number of hydrogen-bond acceptors (Lipinski definition) is 6. The number of aryl methyl sites for hydroxylation is 1. The van der Waals surface area contributed by atoms with E-state index >= 15 is 0 Å². The first-order chi connectivity index (χ1) is 11.8. The van der Waals surface area contributed by atoms with Gasteiger partial charge >= 0.3 is 12.2 Å². The minimum Gasteiger partial charge on any atom is -0.448 e. The van der Waals surface area contributed by atoms with Gasteiger partial charge in [-0.05, 0) is 58.9 Å². The van der Waals surface area contributed by atoms with E-state index in [0.717, 1.165) is 5.56 Å². The molecule has 8 heteroatoms. The number of ether oxygens (including phenoxy) is 2. The number of anilines is 2. The zero-order valence-electron chi connectivity index (χ0n) is 15.6. The van der Waals surface area contributed by atoms with Crippen LogP contribution in [0.2, 0.25) is 0 Å².